The average Bonchev–Trinajstić information content (AvgIpc) is 2.00. The molecule has 0 aromatic carbocycles. The predicted molar refractivity (Wildman–Crippen MR) is 37.3 cm³/mol. The Hall–Kier alpha value is -0.780. The maximum atomic E-state index is 12.5. The van der Waals surface area contributed by atoms with Crippen LogP contribution in [0.5, 0.6) is 0 Å². The fourth-order valence-corrected chi connectivity index (χ4v) is 0.562. The van der Waals surface area contributed by atoms with Crippen LogP contribution in [0.4, 0.5) is 13.2 Å². The number of halogens is 4. The zero-order chi connectivity index (χ0) is 10.6. The molecular formula is C6H6ClF3O3. The molecule has 0 radical (unpaired) electrons. The lowest BCUT2D eigenvalue weighted by molar-refractivity contribution is -0.157. The molecule has 0 saturated carbocycles. The van der Waals surface area contributed by atoms with Crippen LogP contribution in [0.2, 0.25) is 0 Å². The molecule has 3 nitrogen and oxygen atoms in total. The van der Waals surface area contributed by atoms with Crippen molar-refractivity contribution in [1.82, 2.24) is 0 Å². The van der Waals surface area contributed by atoms with Gasteiger partial charge in [0.05, 0.1) is 6.61 Å². The van der Waals surface area contributed by atoms with E-state index in [0.717, 1.165) is 0 Å². The van der Waals surface area contributed by atoms with Gasteiger partial charge in [-0.1, -0.05) is 0 Å². The zero-order valence-electron chi connectivity index (χ0n) is 6.52. The summed E-state index contributed by atoms with van der Waals surface area (Å²) < 4.78 is 40.3. The Morgan fingerprint density at radius 2 is 2.00 bits per heavy atom. The van der Waals surface area contributed by atoms with Gasteiger partial charge in [0.2, 0.25) is 0 Å². The van der Waals surface area contributed by atoms with Crippen molar-refractivity contribution in [2.24, 2.45) is 0 Å². The smallest absolute Gasteiger partial charge is 0.384 e. The summed E-state index contributed by atoms with van der Waals surface area (Å²) in [5, 5.41) is -4.38. The first-order chi connectivity index (χ1) is 5.80. The minimum absolute atomic E-state index is 0.208. The van der Waals surface area contributed by atoms with Gasteiger partial charge in [-0.2, -0.15) is 8.78 Å². The lowest BCUT2D eigenvalue weighted by atomic mass is 10.2. The fraction of sp³-hybridized carbons (Fsp3) is 0.667. The number of hydrogen-bond donors (Lipinski definition) is 0. The molecule has 0 aliphatic heterocycles. The van der Waals surface area contributed by atoms with E-state index in [1.165, 1.54) is 6.92 Å². The lowest BCUT2D eigenvalue weighted by Crippen LogP contribution is -2.37. The average molecular weight is 219 g/mol. The minimum Gasteiger partial charge on any atom is -0.463 e. The van der Waals surface area contributed by atoms with Crippen LogP contribution in [0, 0.1) is 0 Å². The topological polar surface area (TPSA) is 43.4 Å². The number of alkyl halides is 4. The molecule has 1 atom stereocenters. The van der Waals surface area contributed by atoms with E-state index < -0.39 is 23.3 Å². The van der Waals surface area contributed by atoms with E-state index in [1.54, 1.807) is 0 Å². The van der Waals surface area contributed by atoms with Crippen molar-refractivity contribution in [3.8, 4) is 0 Å². The third kappa shape index (κ3) is 3.63. The number of esters is 1. The van der Waals surface area contributed by atoms with Crippen LogP contribution >= 0.6 is 11.6 Å². The predicted octanol–water partition coefficient (Wildman–Crippen LogP) is 1.29. The largest absolute Gasteiger partial charge is 0.463 e. The van der Waals surface area contributed by atoms with Crippen LogP contribution in [0.3, 0.4) is 0 Å². The normalized spacial score (nSPS) is 13.6. The molecule has 0 saturated heterocycles. The number of rotatable bonds is 4. The Kier molecular flexibility index (Phi) is 4.19. The third-order valence-corrected chi connectivity index (χ3v) is 1.19. The molecule has 0 spiro atoms. The van der Waals surface area contributed by atoms with Crippen LogP contribution in [-0.2, 0) is 14.3 Å². The monoisotopic (exact) mass is 218 g/mol. The van der Waals surface area contributed by atoms with Gasteiger partial charge in [-0.05, 0) is 18.5 Å². The van der Waals surface area contributed by atoms with Crippen molar-refractivity contribution >= 4 is 23.4 Å². The summed E-state index contributed by atoms with van der Waals surface area (Å²) in [6.07, 6.45) is -3.03. The standard InChI is InChI=1S/C6H6ClF3O3/c1-2-13-5(12)3(8)4(11)6(7,9)10/h3H,2H2,1H3. The van der Waals surface area contributed by atoms with Crippen LogP contribution in [0.25, 0.3) is 0 Å². The molecule has 0 amide bonds. The van der Waals surface area contributed by atoms with Gasteiger partial charge in [0.25, 0.3) is 12.0 Å². The Balaban J connectivity index is 4.35. The second-order valence-electron chi connectivity index (χ2n) is 1.98. The Morgan fingerprint density at radius 1 is 1.54 bits per heavy atom. The molecule has 0 aliphatic carbocycles. The van der Waals surface area contributed by atoms with Gasteiger partial charge in [-0.3, -0.25) is 4.79 Å². The molecule has 0 N–H and O–H groups in total. The molecule has 0 aromatic rings. The van der Waals surface area contributed by atoms with Crippen LogP contribution in [0.1, 0.15) is 6.92 Å². The molecular weight excluding hydrogens is 213 g/mol. The van der Waals surface area contributed by atoms with Crippen molar-refractivity contribution in [2.75, 3.05) is 6.61 Å². The molecule has 0 rings (SSSR count). The van der Waals surface area contributed by atoms with Gasteiger partial charge in [0.15, 0.2) is 0 Å². The van der Waals surface area contributed by atoms with Gasteiger partial charge in [-0.25, -0.2) is 9.18 Å². The molecule has 0 fully saturated rings. The van der Waals surface area contributed by atoms with Crippen molar-refractivity contribution < 1.29 is 27.5 Å². The Labute approximate surface area is 76.8 Å². The molecule has 0 bridgehead atoms. The van der Waals surface area contributed by atoms with Crippen LogP contribution in [-0.4, -0.2) is 29.9 Å². The highest BCUT2D eigenvalue weighted by molar-refractivity contribution is 6.34. The summed E-state index contributed by atoms with van der Waals surface area (Å²) in [5.74, 6) is -3.97. The first kappa shape index (κ1) is 12.2. The summed E-state index contributed by atoms with van der Waals surface area (Å²) in [6.45, 7) is 1.13. The minimum atomic E-state index is -4.38. The Bertz CT molecular complexity index is 214. The molecule has 1 unspecified atom stereocenters. The summed E-state index contributed by atoms with van der Waals surface area (Å²) in [7, 11) is 0. The van der Waals surface area contributed by atoms with Gasteiger partial charge >= 0.3 is 11.4 Å². The molecule has 7 heteroatoms. The summed E-state index contributed by atoms with van der Waals surface area (Å²) in [5.41, 5.74) is 0. The van der Waals surface area contributed by atoms with Gasteiger partial charge in [-0.15, -0.1) is 0 Å². The summed E-state index contributed by atoms with van der Waals surface area (Å²) in [4.78, 5) is 20.7. The van der Waals surface area contributed by atoms with Crippen molar-refractivity contribution in [1.29, 1.82) is 0 Å². The second-order valence-corrected chi connectivity index (χ2v) is 2.45. The van der Waals surface area contributed by atoms with E-state index >= 15 is 0 Å². The lowest BCUT2D eigenvalue weighted by Gasteiger charge is -2.09. The number of carbonyl (C=O) groups excluding carboxylic acids is 2. The maximum absolute atomic E-state index is 12.5. The molecule has 0 aliphatic rings. The first-order valence-corrected chi connectivity index (χ1v) is 3.60. The van der Waals surface area contributed by atoms with E-state index in [-0.39, 0.29) is 6.61 Å². The van der Waals surface area contributed by atoms with Crippen LogP contribution < -0.4 is 0 Å². The zero-order valence-corrected chi connectivity index (χ0v) is 7.28. The Morgan fingerprint density at radius 3 is 2.31 bits per heavy atom. The van der Waals surface area contributed by atoms with Crippen molar-refractivity contribution in [3.63, 3.8) is 0 Å². The molecule has 0 aromatic heterocycles. The highest BCUT2D eigenvalue weighted by atomic mass is 35.5. The highest BCUT2D eigenvalue weighted by Gasteiger charge is 2.45. The summed E-state index contributed by atoms with van der Waals surface area (Å²) in [6, 6.07) is 0. The molecule has 13 heavy (non-hydrogen) atoms. The highest BCUT2D eigenvalue weighted by Crippen LogP contribution is 2.23. The second kappa shape index (κ2) is 4.45. The number of hydrogen-bond acceptors (Lipinski definition) is 3. The van der Waals surface area contributed by atoms with Crippen molar-refractivity contribution in [2.45, 2.75) is 18.5 Å². The summed E-state index contributed by atoms with van der Waals surface area (Å²) >= 11 is 4.19. The van der Waals surface area contributed by atoms with Gasteiger partial charge in [0, 0.05) is 0 Å². The van der Waals surface area contributed by atoms with E-state index in [0.29, 0.717) is 0 Å². The first-order valence-electron chi connectivity index (χ1n) is 3.22. The SMILES string of the molecule is CCOC(=O)C(F)C(=O)C(F)(F)Cl. The van der Waals surface area contributed by atoms with E-state index in [2.05, 4.69) is 16.3 Å². The van der Waals surface area contributed by atoms with Gasteiger partial charge in [0.1, 0.15) is 0 Å². The van der Waals surface area contributed by atoms with E-state index in [1.807, 2.05) is 0 Å². The molecule has 0 heterocycles. The number of ketones is 1. The number of ether oxygens (including phenoxy) is 1. The number of Topliss-reactive ketones (excluding diaryl/α,β-unsaturated/α-hetero) is 1. The fourth-order valence-electron chi connectivity index (χ4n) is 0.466. The maximum Gasteiger partial charge on any atom is 0.384 e. The van der Waals surface area contributed by atoms with Crippen molar-refractivity contribution in [3.05, 3.63) is 0 Å². The van der Waals surface area contributed by atoms with Crippen LogP contribution in [0.15, 0.2) is 0 Å². The quantitative estimate of drug-likeness (QED) is 0.406. The van der Waals surface area contributed by atoms with Gasteiger partial charge < -0.3 is 4.74 Å². The molecule has 76 valence electrons. The third-order valence-electron chi connectivity index (χ3n) is 1.00. The van der Waals surface area contributed by atoms with E-state index in [9.17, 15) is 22.8 Å². The van der Waals surface area contributed by atoms with E-state index in [4.69, 9.17) is 0 Å². The number of carbonyl (C=O) groups is 2.